The number of ether oxygens (including phenoxy) is 1. The maximum atomic E-state index is 11.7. The van der Waals surface area contributed by atoms with Crippen LogP contribution in [0.15, 0.2) is 16.6 Å². The van der Waals surface area contributed by atoms with Gasteiger partial charge < -0.3 is 15.4 Å². The van der Waals surface area contributed by atoms with E-state index in [2.05, 4.69) is 32.6 Å². The molecule has 1 aliphatic heterocycles. The number of fused-ring (bicyclic) bond motifs is 1. The molecule has 1 heterocycles. The molecule has 2 N–H and O–H groups in total. The minimum atomic E-state index is 0.167. The molecular weight excluding hydrogens is 308 g/mol. The second kappa shape index (κ2) is 5.51. The molecule has 1 aliphatic carbocycles. The van der Waals surface area contributed by atoms with Gasteiger partial charge in [-0.3, -0.25) is 4.79 Å². The summed E-state index contributed by atoms with van der Waals surface area (Å²) in [4.78, 5) is 11.7. The van der Waals surface area contributed by atoms with Crippen LogP contribution in [0, 0.1) is 5.92 Å². The molecule has 5 heteroatoms. The predicted molar refractivity (Wildman–Crippen MR) is 75.9 cm³/mol. The van der Waals surface area contributed by atoms with Gasteiger partial charge in [0.25, 0.3) is 0 Å². The fourth-order valence-electron chi connectivity index (χ4n) is 2.28. The van der Waals surface area contributed by atoms with Crippen molar-refractivity contribution in [1.82, 2.24) is 10.6 Å². The van der Waals surface area contributed by atoms with Crippen LogP contribution in [0.2, 0.25) is 0 Å². The Balaban J connectivity index is 1.78. The number of hydrogen-bond acceptors (Lipinski definition) is 3. The van der Waals surface area contributed by atoms with E-state index < -0.39 is 0 Å². The highest BCUT2D eigenvalue weighted by atomic mass is 79.9. The molecule has 0 unspecified atom stereocenters. The average molecular weight is 325 g/mol. The molecule has 1 amide bonds. The summed E-state index contributed by atoms with van der Waals surface area (Å²) in [5.41, 5.74) is 2.18. The van der Waals surface area contributed by atoms with Crippen LogP contribution in [0.25, 0.3) is 0 Å². The maximum absolute atomic E-state index is 11.7. The SMILES string of the molecule is O=C(NCc1cc(Br)cc2c1OCCNC2)C1CC1. The minimum Gasteiger partial charge on any atom is -0.492 e. The first-order valence-electron chi connectivity index (χ1n) is 6.66. The zero-order valence-electron chi connectivity index (χ0n) is 10.7. The lowest BCUT2D eigenvalue weighted by Crippen LogP contribution is -2.24. The molecule has 0 radical (unpaired) electrons. The third kappa shape index (κ3) is 3.09. The number of benzene rings is 1. The van der Waals surface area contributed by atoms with Crippen molar-refractivity contribution >= 4 is 21.8 Å². The zero-order chi connectivity index (χ0) is 13.2. The van der Waals surface area contributed by atoms with E-state index in [-0.39, 0.29) is 11.8 Å². The standard InChI is InChI=1S/C14H17BrN2O2/c15-12-5-10-7-16-3-4-19-13(10)11(6-12)8-17-14(18)9-1-2-9/h5-6,9,16H,1-4,7-8H2,(H,17,18). The van der Waals surface area contributed by atoms with Crippen LogP contribution < -0.4 is 15.4 Å². The summed E-state index contributed by atoms with van der Waals surface area (Å²) in [6.07, 6.45) is 2.06. The largest absolute Gasteiger partial charge is 0.492 e. The van der Waals surface area contributed by atoms with Crippen LogP contribution in [0.5, 0.6) is 5.75 Å². The topological polar surface area (TPSA) is 50.4 Å². The Kier molecular flexibility index (Phi) is 3.75. The number of carbonyl (C=O) groups excluding carboxylic acids is 1. The van der Waals surface area contributed by atoms with Crippen molar-refractivity contribution in [1.29, 1.82) is 0 Å². The smallest absolute Gasteiger partial charge is 0.223 e. The van der Waals surface area contributed by atoms with Crippen molar-refractivity contribution in [2.75, 3.05) is 13.2 Å². The highest BCUT2D eigenvalue weighted by Crippen LogP contribution is 2.31. The molecule has 4 nitrogen and oxygen atoms in total. The average Bonchev–Trinajstić information content (AvgIpc) is 3.21. The van der Waals surface area contributed by atoms with Gasteiger partial charge in [0.2, 0.25) is 5.91 Å². The number of carbonyl (C=O) groups is 1. The van der Waals surface area contributed by atoms with E-state index in [0.717, 1.165) is 47.3 Å². The monoisotopic (exact) mass is 324 g/mol. The molecule has 0 atom stereocenters. The third-order valence-electron chi connectivity index (χ3n) is 3.45. The minimum absolute atomic E-state index is 0.167. The van der Waals surface area contributed by atoms with Gasteiger partial charge in [-0.2, -0.15) is 0 Å². The second-order valence-electron chi connectivity index (χ2n) is 5.07. The van der Waals surface area contributed by atoms with Crippen molar-refractivity contribution in [2.45, 2.75) is 25.9 Å². The Morgan fingerprint density at radius 2 is 2.32 bits per heavy atom. The zero-order valence-corrected chi connectivity index (χ0v) is 12.3. The number of amides is 1. The van der Waals surface area contributed by atoms with Crippen molar-refractivity contribution in [3.8, 4) is 5.75 Å². The van der Waals surface area contributed by atoms with Gasteiger partial charge in [0.15, 0.2) is 0 Å². The molecule has 0 aromatic heterocycles. The van der Waals surface area contributed by atoms with Crippen molar-refractivity contribution in [3.05, 3.63) is 27.7 Å². The Bertz CT molecular complexity index is 500. The van der Waals surface area contributed by atoms with Gasteiger partial charge in [-0.1, -0.05) is 15.9 Å². The maximum Gasteiger partial charge on any atom is 0.223 e. The van der Waals surface area contributed by atoms with Crippen LogP contribution >= 0.6 is 15.9 Å². The van der Waals surface area contributed by atoms with E-state index in [4.69, 9.17) is 4.74 Å². The summed E-state index contributed by atoms with van der Waals surface area (Å²) >= 11 is 3.52. The molecule has 0 bridgehead atoms. The summed E-state index contributed by atoms with van der Waals surface area (Å²) < 4.78 is 6.83. The first-order valence-corrected chi connectivity index (χ1v) is 7.46. The summed E-state index contributed by atoms with van der Waals surface area (Å²) in [7, 11) is 0. The van der Waals surface area contributed by atoms with Gasteiger partial charge in [0, 0.05) is 41.2 Å². The van der Waals surface area contributed by atoms with Gasteiger partial charge in [0.05, 0.1) is 0 Å². The Morgan fingerprint density at radius 3 is 3.11 bits per heavy atom. The fraction of sp³-hybridized carbons (Fsp3) is 0.500. The number of nitrogens with one attached hydrogen (secondary N) is 2. The highest BCUT2D eigenvalue weighted by Gasteiger charge is 2.29. The van der Waals surface area contributed by atoms with Crippen molar-refractivity contribution < 1.29 is 9.53 Å². The summed E-state index contributed by atoms with van der Waals surface area (Å²) in [5, 5.41) is 6.32. The predicted octanol–water partition coefficient (Wildman–Crippen LogP) is 1.96. The normalized spacial score (nSPS) is 18.2. The quantitative estimate of drug-likeness (QED) is 0.893. The van der Waals surface area contributed by atoms with Crippen LogP contribution in [0.4, 0.5) is 0 Å². The second-order valence-corrected chi connectivity index (χ2v) is 5.99. The molecule has 1 saturated carbocycles. The van der Waals surface area contributed by atoms with Crippen LogP contribution in [0.3, 0.4) is 0 Å². The first kappa shape index (κ1) is 12.9. The van der Waals surface area contributed by atoms with Gasteiger partial charge in [0.1, 0.15) is 12.4 Å². The summed E-state index contributed by atoms with van der Waals surface area (Å²) in [6.45, 7) is 2.85. The Labute approximate surface area is 121 Å². The van der Waals surface area contributed by atoms with Crippen molar-refractivity contribution in [3.63, 3.8) is 0 Å². The van der Waals surface area contributed by atoms with Crippen molar-refractivity contribution in [2.24, 2.45) is 5.92 Å². The molecule has 0 saturated heterocycles. The molecule has 3 rings (SSSR count). The van der Waals surface area contributed by atoms with E-state index in [1.54, 1.807) is 0 Å². The third-order valence-corrected chi connectivity index (χ3v) is 3.91. The lowest BCUT2D eigenvalue weighted by Gasteiger charge is -2.14. The van der Waals surface area contributed by atoms with E-state index in [1.165, 1.54) is 0 Å². The molecule has 2 aliphatic rings. The Morgan fingerprint density at radius 1 is 1.47 bits per heavy atom. The highest BCUT2D eigenvalue weighted by molar-refractivity contribution is 9.10. The molecule has 102 valence electrons. The molecule has 19 heavy (non-hydrogen) atoms. The Hall–Kier alpha value is -1.07. The van der Waals surface area contributed by atoms with E-state index in [0.29, 0.717) is 13.2 Å². The summed E-state index contributed by atoms with van der Waals surface area (Å²) in [6, 6.07) is 4.09. The number of halogens is 1. The number of hydrogen-bond donors (Lipinski definition) is 2. The molecule has 1 fully saturated rings. The van der Waals surface area contributed by atoms with Crippen LogP contribution in [0.1, 0.15) is 24.0 Å². The van der Waals surface area contributed by atoms with Gasteiger partial charge >= 0.3 is 0 Å². The first-order chi connectivity index (χ1) is 9.24. The van der Waals surface area contributed by atoms with E-state index in [1.807, 2.05) is 6.07 Å². The van der Waals surface area contributed by atoms with Crippen LogP contribution in [-0.4, -0.2) is 19.1 Å². The molecular formula is C14H17BrN2O2. The molecule has 1 aromatic carbocycles. The number of rotatable bonds is 3. The van der Waals surface area contributed by atoms with Gasteiger partial charge in [-0.05, 0) is 25.0 Å². The van der Waals surface area contributed by atoms with Gasteiger partial charge in [-0.15, -0.1) is 0 Å². The lowest BCUT2D eigenvalue weighted by molar-refractivity contribution is -0.122. The molecule has 0 spiro atoms. The van der Waals surface area contributed by atoms with E-state index >= 15 is 0 Å². The fourth-order valence-corrected chi connectivity index (χ4v) is 2.83. The summed E-state index contributed by atoms with van der Waals surface area (Å²) in [5.74, 6) is 1.33. The van der Waals surface area contributed by atoms with Gasteiger partial charge in [-0.25, -0.2) is 0 Å². The lowest BCUT2D eigenvalue weighted by atomic mass is 10.1. The van der Waals surface area contributed by atoms with Crippen LogP contribution in [-0.2, 0) is 17.9 Å². The molecule has 1 aromatic rings. The van der Waals surface area contributed by atoms with E-state index in [9.17, 15) is 4.79 Å².